The molecule has 5 heteroatoms. The molecule has 3 nitrogen and oxygen atoms in total. The molecular formula is C17H28O3S2. The third kappa shape index (κ3) is 2.98. The Kier molecular flexibility index (Phi) is 4.06. The highest BCUT2D eigenvalue weighted by Crippen LogP contribution is 2.62. The second-order valence-electron chi connectivity index (χ2n) is 8.50. The summed E-state index contributed by atoms with van der Waals surface area (Å²) in [5.41, 5.74) is 0. The van der Waals surface area contributed by atoms with Crippen LogP contribution < -0.4 is 0 Å². The van der Waals surface area contributed by atoms with E-state index in [-0.39, 0.29) is 10.7 Å². The molecule has 1 N–H and O–H groups in total. The summed E-state index contributed by atoms with van der Waals surface area (Å²) in [5.74, 6) is 2.65. The van der Waals surface area contributed by atoms with Crippen LogP contribution in [0.5, 0.6) is 0 Å². The predicted molar refractivity (Wildman–Crippen MR) is 90.4 cm³/mol. The van der Waals surface area contributed by atoms with E-state index in [0.29, 0.717) is 0 Å². The lowest BCUT2D eigenvalue weighted by Crippen LogP contribution is -2.50. The van der Waals surface area contributed by atoms with Gasteiger partial charge in [0, 0.05) is 4.75 Å². The quantitative estimate of drug-likeness (QED) is 0.764. The fourth-order valence-corrected chi connectivity index (χ4v) is 10.0. The van der Waals surface area contributed by atoms with Gasteiger partial charge in [-0.15, -0.1) is 11.8 Å². The van der Waals surface area contributed by atoms with Crippen LogP contribution in [0.3, 0.4) is 0 Å². The molecule has 0 heterocycles. The molecule has 1 unspecified atom stereocenters. The molecule has 0 aromatic carbocycles. The third-order valence-corrected chi connectivity index (χ3v) is 10.3. The lowest BCUT2D eigenvalue weighted by molar-refractivity contribution is 0.0380. The molecule has 1 atom stereocenters. The summed E-state index contributed by atoms with van der Waals surface area (Å²) in [6.45, 7) is 0. The molecule has 0 saturated heterocycles. The van der Waals surface area contributed by atoms with E-state index in [9.17, 15) is 13.0 Å². The first-order valence-electron chi connectivity index (χ1n) is 9.08. The van der Waals surface area contributed by atoms with Crippen molar-refractivity contribution in [2.45, 2.75) is 80.0 Å². The average molecular weight is 345 g/mol. The zero-order valence-electron chi connectivity index (χ0n) is 13.2. The van der Waals surface area contributed by atoms with Gasteiger partial charge in [-0.3, -0.25) is 4.55 Å². The Bertz CT molecular complexity index is 487. The van der Waals surface area contributed by atoms with E-state index in [2.05, 4.69) is 0 Å². The van der Waals surface area contributed by atoms with Crippen molar-refractivity contribution >= 4 is 21.9 Å². The molecule has 0 spiro atoms. The molecule has 0 radical (unpaired) electrons. The molecule has 0 aromatic heterocycles. The Hall–Kier alpha value is 0.260. The highest BCUT2D eigenvalue weighted by Gasteiger charge is 2.53. The molecule has 126 valence electrons. The monoisotopic (exact) mass is 344 g/mol. The van der Waals surface area contributed by atoms with Crippen LogP contribution in [0.25, 0.3) is 0 Å². The second kappa shape index (κ2) is 5.66. The maximum absolute atomic E-state index is 12.1. The van der Waals surface area contributed by atoms with Crippen LogP contribution in [0, 0.1) is 23.7 Å². The van der Waals surface area contributed by atoms with E-state index < -0.39 is 14.7 Å². The first-order valence-corrected chi connectivity index (χ1v) is 11.5. The van der Waals surface area contributed by atoms with Gasteiger partial charge in [-0.25, -0.2) is 0 Å². The molecule has 22 heavy (non-hydrogen) atoms. The first-order chi connectivity index (χ1) is 10.4. The Labute approximate surface area is 138 Å². The Balaban J connectivity index is 1.56. The van der Waals surface area contributed by atoms with E-state index in [4.69, 9.17) is 0 Å². The molecule has 0 amide bonds. The van der Waals surface area contributed by atoms with Crippen LogP contribution in [0.1, 0.15) is 70.6 Å². The molecule has 5 aliphatic rings. The minimum absolute atomic E-state index is 0.159. The van der Waals surface area contributed by atoms with E-state index >= 15 is 0 Å². The van der Waals surface area contributed by atoms with E-state index in [1.165, 1.54) is 44.9 Å². The van der Waals surface area contributed by atoms with Gasteiger partial charge in [0.05, 0.1) is 0 Å². The minimum Gasteiger partial charge on any atom is -0.285 e. The molecule has 4 bridgehead atoms. The highest BCUT2D eigenvalue weighted by atomic mass is 32.3. The molecule has 5 saturated carbocycles. The first kappa shape index (κ1) is 15.8. The topological polar surface area (TPSA) is 54.4 Å². The zero-order chi connectivity index (χ0) is 15.4. The van der Waals surface area contributed by atoms with Crippen molar-refractivity contribution < 1.29 is 13.0 Å². The van der Waals surface area contributed by atoms with Crippen molar-refractivity contribution in [2.24, 2.45) is 23.7 Å². The SMILES string of the molecule is O=S(=O)(O)C(SC12CC3CC(CC(C3)C1)C2)C1CCCCC1. The minimum atomic E-state index is -3.95. The smallest absolute Gasteiger partial charge is 0.277 e. The summed E-state index contributed by atoms with van der Waals surface area (Å²) in [5, 5.41) is 0. The van der Waals surface area contributed by atoms with Crippen molar-refractivity contribution in [3.05, 3.63) is 0 Å². The Morgan fingerprint density at radius 3 is 1.86 bits per heavy atom. The van der Waals surface area contributed by atoms with Gasteiger partial charge in [-0.05, 0) is 75.0 Å². The summed E-state index contributed by atoms with van der Waals surface area (Å²) in [4.78, 5) is 0. The molecule has 5 fully saturated rings. The lowest BCUT2D eigenvalue weighted by atomic mass is 9.56. The van der Waals surface area contributed by atoms with Crippen molar-refractivity contribution in [2.75, 3.05) is 0 Å². The summed E-state index contributed by atoms with van der Waals surface area (Å²) < 4.78 is 33.7. The Morgan fingerprint density at radius 1 is 0.909 bits per heavy atom. The van der Waals surface area contributed by atoms with Crippen LogP contribution in [0.4, 0.5) is 0 Å². The van der Waals surface area contributed by atoms with Gasteiger partial charge in [0.15, 0.2) is 0 Å². The van der Waals surface area contributed by atoms with Gasteiger partial charge in [-0.1, -0.05) is 19.3 Å². The highest BCUT2D eigenvalue weighted by molar-refractivity contribution is 8.12. The largest absolute Gasteiger partial charge is 0.285 e. The fourth-order valence-electron chi connectivity index (χ4n) is 6.23. The number of hydrogen-bond donors (Lipinski definition) is 1. The predicted octanol–water partition coefficient (Wildman–Crippen LogP) is 4.48. The normalized spacial score (nSPS) is 43.4. The van der Waals surface area contributed by atoms with Gasteiger partial charge >= 0.3 is 0 Å². The van der Waals surface area contributed by atoms with Crippen LogP contribution in [-0.4, -0.2) is 22.3 Å². The van der Waals surface area contributed by atoms with Crippen molar-refractivity contribution in [1.29, 1.82) is 0 Å². The van der Waals surface area contributed by atoms with Crippen LogP contribution >= 0.6 is 11.8 Å². The summed E-state index contributed by atoms with van der Waals surface area (Å²) >= 11 is 1.68. The zero-order valence-corrected chi connectivity index (χ0v) is 14.9. The van der Waals surface area contributed by atoms with Crippen LogP contribution in [0.2, 0.25) is 0 Å². The van der Waals surface area contributed by atoms with E-state index in [0.717, 1.165) is 43.4 Å². The van der Waals surface area contributed by atoms with Crippen molar-refractivity contribution in [1.82, 2.24) is 0 Å². The fraction of sp³-hybridized carbons (Fsp3) is 1.00. The van der Waals surface area contributed by atoms with E-state index in [1.807, 2.05) is 0 Å². The summed E-state index contributed by atoms with van der Waals surface area (Å²) in [6, 6.07) is 0. The molecule has 5 aliphatic carbocycles. The summed E-state index contributed by atoms with van der Waals surface area (Å²) in [6.07, 6.45) is 13.1. The van der Waals surface area contributed by atoms with Crippen LogP contribution in [0.15, 0.2) is 0 Å². The van der Waals surface area contributed by atoms with Crippen molar-refractivity contribution in [3.8, 4) is 0 Å². The van der Waals surface area contributed by atoms with Gasteiger partial charge in [0.1, 0.15) is 4.58 Å². The lowest BCUT2D eigenvalue weighted by Gasteiger charge is -2.57. The second-order valence-corrected chi connectivity index (χ2v) is 11.9. The van der Waals surface area contributed by atoms with Gasteiger partial charge < -0.3 is 0 Å². The number of hydrogen-bond acceptors (Lipinski definition) is 3. The van der Waals surface area contributed by atoms with Gasteiger partial charge in [0.25, 0.3) is 10.1 Å². The maximum atomic E-state index is 12.1. The standard InChI is InChI=1S/C17H28O3S2/c18-22(19,20)16(15-4-2-1-3-5-15)21-17-9-12-6-13(10-17)8-14(7-12)11-17/h12-16H,1-11H2,(H,18,19,20). The molecule has 0 aromatic rings. The maximum Gasteiger partial charge on any atom is 0.277 e. The molecule has 0 aliphatic heterocycles. The average Bonchev–Trinajstić information content (AvgIpc) is 2.43. The number of rotatable bonds is 4. The Morgan fingerprint density at radius 2 is 1.41 bits per heavy atom. The van der Waals surface area contributed by atoms with Gasteiger partial charge in [-0.2, -0.15) is 8.42 Å². The van der Waals surface area contributed by atoms with Crippen molar-refractivity contribution in [3.63, 3.8) is 0 Å². The summed E-state index contributed by atoms with van der Waals surface area (Å²) in [7, 11) is -3.95. The molecular weight excluding hydrogens is 316 g/mol. The molecule has 5 rings (SSSR count). The third-order valence-electron chi connectivity index (χ3n) is 6.68. The van der Waals surface area contributed by atoms with Gasteiger partial charge in [0.2, 0.25) is 0 Å². The van der Waals surface area contributed by atoms with Crippen LogP contribution in [-0.2, 0) is 10.1 Å². The number of thioether (sulfide) groups is 1. The van der Waals surface area contributed by atoms with E-state index in [1.54, 1.807) is 11.8 Å².